The van der Waals surface area contributed by atoms with Crippen LogP contribution in [0.5, 0.6) is 11.5 Å². The molecule has 0 bridgehead atoms. The van der Waals surface area contributed by atoms with Crippen LogP contribution in [0, 0.1) is 0 Å². The second-order valence-electron chi connectivity index (χ2n) is 9.62. The van der Waals surface area contributed by atoms with E-state index in [1.165, 1.54) is 0 Å². The van der Waals surface area contributed by atoms with Crippen LogP contribution < -0.4 is 5.43 Å². The second-order valence-corrected chi connectivity index (χ2v) is 9.62. The summed E-state index contributed by atoms with van der Waals surface area (Å²) >= 11 is 0. The lowest BCUT2D eigenvalue weighted by Crippen LogP contribution is -2.55. The predicted molar refractivity (Wildman–Crippen MR) is 131 cm³/mol. The molecule has 39 heavy (non-hydrogen) atoms. The van der Waals surface area contributed by atoms with Gasteiger partial charge in [-0.05, 0) is 0 Å². The van der Waals surface area contributed by atoms with Gasteiger partial charge in [-0.2, -0.15) is 0 Å². The minimum Gasteiger partial charge on any atom is -0.507 e. The Morgan fingerprint density at radius 1 is 0.795 bits per heavy atom. The van der Waals surface area contributed by atoms with Crippen molar-refractivity contribution in [3.05, 3.63) is 57.7 Å². The largest absolute Gasteiger partial charge is 0.507 e. The van der Waals surface area contributed by atoms with Gasteiger partial charge < -0.3 is 59.8 Å². The Morgan fingerprint density at radius 2 is 1.46 bits per heavy atom. The number of hydrogen-bond acceptors (Lipinski definition) is 13. The van der Waals surface area contributed by atoms with E-state index in [0.717, 1.165) is 6.07 Å². The zero-order valence-electron chi connectivity index (χ0n) is 20.2. The van der Waals surface area contributed by atoms with Gasteiger partial charge >= 0.3 is 0 Å². The van der Waals surface area contributed by atoms with Crippen molar-refractivity contribution in [3.8, 4) is 22.8 Å². The van der Waals surface area contributed by atoms with E-state index in [4.69, 9.17) is 13.9 Å². The minimum atomic E-state index is -1.95. The maximum absolute atomic E-state index is 13.4. The van der Waals surface area contributed by atoms with E-state index < -0.39 is 107 Å². The molecule has 9 atom stereocenters. The molecule has 2 saturated heterocycles. The van der Waals surface area contributed by atoms with Gasteiger partial charge in [0.25, 0.3) is 0 Å². The summed E-state index contributed by atoms with van der Waals surface area (Å²) < 4.78 is 17.0. The van der Waals surface area contributed by atoms with Gasteiger partial charge in [-0.25, -0.2) is 0 Å². The third-order valence-corrected chi connectivity index (χ3v) is 7.21. The normalized spacial score (nSPS) is 33.4. The monoisotopic (exact) mass is 548 g/mol. The molecule has 0 spiro atoms. The van der Waals surface area contributed by atoms with Crippen LogP contribution in [0.25, 0.3) is 22.3 Å². The van der Waals surface area contributed by atoms with Gasteiger partial charge in [-0.3, -0.25) is 4.79 Å². The van der Waals surface area contributed by atoms with E-state index in [1.54, 1.807) is 30.3 Å². The van der Waals surface area contributed by atoms with E-state index in [0.29, 0.717) is 5.56 Å². The predicted octanol–water partition coefficient (Wildman–Crippen LogP) is -1.46. The molecule has 0 aliphatic carbocycles. The standard InChI is InChI=1S/C26H28O13/c27-7-13-18(31)21(34)23(36)26(39-13)15-19(32)14-10(28)6-12(9-4-2-1-3-5-9)38-24(14)16(20(15)33)25-22(35)17(30)11(29)8-37-25/h1-6,11,13,17-18,21-23,25-27,29-36H,7-8H2/t11-,13+,17-,18-,21-,22-,23-,25-,26-/m1/s1. The summed E-state index contributed by atoms with van der Waals surface area (Å²) in [6.45, 7) is -1.29. The van der Waals surface area contributed by atoms with Crippen molar-refractivity contribution in [2.45, 2.75) is 54.9 Å². The molecule has 0 unspecified atom stereocenters. The molecule has 0 saturated carbocycles. The summed E-state index contributed by atoms with van der Waals surface area (Å²) in [6.07, 6.45) is -15.4. The Hall–Kier alpha value is -3.11. The number of aliphatic hydroxyl groups excluding tert-OH is 7. The van der Waals surface area contributed by atoms with Crippen molar-refractivity contribution in [1.29, 1.82) is 0 Å². The molecular weight excluding hydrogens is 520 g/mol. The molecule has 13 heteroatoms. The number of phenolic OH excluding ortho intramolecular Hbond substituents is 2. The zero-order chi connectivity index (χ0) is 28.2. The first kappa shape index (κ1) is 27.5. The highest BCUT2D eigenvalue weighted by Gasteiger charge is 2.48. The highest BCUT2D eigenvalue weighted by atomic mass is 16.5. The Kier molecular flexibility index (Phi) is 7.37. The van der Waals surface area contributed by atoms with Crippen molar-refractivity contribution in [2.24, 2.45) is 0 Å². The van der Waals surface area contributed by atoms with Crippen LogP contribution in [-0.2, 0) is 9.47 Å². The lowest BCUT2D eigenvalue weighted by atomic mass is 9.85. The number of ether oxygens (including phenoxy) is 2. The fourth-order valence-electron chi connectivity index (χ4n) is 5.09. The second kappa shape index (κ2) is 10.5. The summed E-state index contributed by atoms with van der Waals surface area (Å²) in [5.41, 5.74) is -1.79. The summed E-state index contributed by atoms with van der Waals surface area (Å²) in [6, 6.07) is 9.45. The van der Waals surface area contributed by atoms with Gasteiger partial charge in [0, 0.05) is 11.6 Å². The lowest BCUT2D eigenvalue weighted by molar-refractivity contribution is -0.232. The fraction of sp³-hybridized carbons (Fsp3) is 0.423. The van der Waals surface area contributed by atoms with Gasteiger partial charge in [0.2, 0.25) is 0 Å². The van der Waals surface area contributed by atoms with Gasteiger partial charge in [-0.15, -0.1) is 0 Å². The maximum atomic E-state index is 13.4. The van der Waals surface area contributed by atoms with Crippen LogP contribution in [0.1, 0.15) is 23.3 Å². The van der Waals surface area contributed by atoms with Gasteiger partial charge in [0.1, 0.15) is 77.6 Å². The average Bonchev–Trinajstić information content (AvgIpc) is 2.93. The lowest BCUT2D eigenvalue weighted by Gasteiger charge is -2.41. The first-order valence-electron chi connectivity index (χ1n) is 12.1. The van der Waals surface area contributed by atoms with Crippen LogP contribution in [0.15, 0.2) is 45.6 Å². The molecule has 210 valence electrons. The van der Waals surface area contributed by atoms with Crippen LogP contribution >= 0.6 is 0 Å². The third kappa shape index (κ3) is 4.47. The molecule has 2 aromatic carbocycles. The van der Waals surface area contributed by atoms with E-state index >= 15 is 0 Å². The number of fused-ring (bicyclic) bond motifs is 1. The molecule has 3 heterocycles. The summed E-state index contributed by atoms with van der Waals surface area (Å²) in [4.78, 5) is 13.4. The molecule has 9 N–H and O–H groups in total. The number of hydrogen-bond donors (Lipinski definition) is 9. The molecule has 5 rings (SSSR count). The maximum Gasteiger partial charge on any atom is 0.197 e. The van der Waals surface area contributed by atoms with E-state index in [9.17, 15) is 50.8 Å². The molecule has 3 aromatic rings. The number of rotatable bonds is 4. The SMILES string of the molecule is O=c1cc(-c2ccccc2)oc2c([C@H]3OC[C@@H](O)[C@@H](O)[C@H]3O)c(O)c([C@H]3O[C@@H](CO)[C@@H](O)[C@@H](O)[C@H]3O)c(O)c12. The number of phenols is 2. The molecule has 0 radical (unpaired) electrons. The summed E-state index contributed by atoms with van der Waals surface area (Å²) in [7, 11) is 0. The Labute approximate surface area is 220 Å². The zero-order valence-corrected chi connectivity index (χ0v) is 20.2. The number of benzene rings is 2. The smallest absolute Gasteiger partial charge is 0.197 e. The number of aliphatic hydroxyl groups is 7. The average molecular weight is 548 g/mol. The molecular formula is C26H28O13. The molecule has 13 nitrogen and oxygen atoms in total. The molecule has 1 aromatic heterocycles. The van der Waals surface area contributed by atoms with E-state index in [2.05, 4.69) is 0 Å². The van der Waals surface area contributed by atoms with Crippen LogP contribution in [0.4, 0.5) is 0 Å². The topological polar surface area (TPSA) is 231 Å². The van der Waals surface area contributed by atoms with E-state index in [1.807, 2.05) is 0 Å². The van der Waals surface area contributed by atoms with Crippen molar-refractivity contribution >= 4 is 11.0 Å². The number of aromatic hydroxyl groups is 2. The van der Waals surface area contributed by atoms with Crippen LogP contribution in [-0.4, -0.2) is 102 Å². The Bertz CT molecular complexity index is 1400. The van der Waals surface area contributed by atoms with E-state index in [-0.39, 0.29) is 5.76 Å². The highest BCUT2D eigenvalue weighted by Crippen LogP contribution is 2.50. The summed E-state index contributed by atoms with van der Waals surface area (Å²) in [5, 5.41) is 94.0. The third-order valence-electron chi connectivity index (χ3n) is 7.21. The van der Waals surface area contributed by atoms with Crippen LogP contribution in [0.2, 0.25) is 0 Å². The van der Waals surface area contributed by atoms with Crippen molar-refractivity contribution in [3.63, 3.8) is 0 Å². The first-order chi connectivity index (χ1) is 18.6. The minimum absolute atomic E-state index is 0.0274. The Balaban J connectivity index is 1.80. The van der Waals surface area contributed by atoms with Gasteiger partial charge in [0.05, 0.1) is 24.3 Å². The Morgan fingerprint density at radius 3 is 2.13 bits per heavy atom. The van der Waals surface area contributed by atoms with Crippen molar-refractivity contribution < 1.29 is 59.8 Å². The van der Waals surface area contributed by atoms with Crippen LogP contribution in [0.3, 0.4) is 0 Å². The van der Waals surface area contributed by atoms with Crippen molar-refractivity contribution in [2.75, 3.05) is 13.2 Å². The molecule has 0 amide bonds. The molecule has 2 aliphatic rings. The quantitative estimate of drug-likeness (QED) is 0.182. The fourth-order valence-corrected chi connectivity index (χ4v) is 5.09. The first-order valence-corrected chi connectivity index (χ1v) is 12.1. The molecule has 2 aliphatic heterocycles. The molecule has 2 fully saturated rings. The van der Waals surface area contributed by atoms with Crippen molar-refractivity contribution in [1.82, 2.24) is 0 Å². The summed E-state index contributed by atoms with van der Waals surface area (Å²) in [5.74, 6) is -1.75. The van der Waals surface area contributed by atoms with Gasteiger partial charge in [-0.1, -0.05) is 30.3 Å². The highest BCUT2D eigenvalue weighted by molar-refractivity contribution is 5.91. The van der Waals surface area contributed by atoms with Gasteiger partial charge in [0.15, 0.2) is 11.0 Å².